The van der Waals surface area contributed by atoms with E-state index in [0.29, 0.717) is 12.1 Å². The second kappa shape index (κ2) is 11.9. The molecule has 0 unspecified atom stereocenters. The van der Waals surface area contributed by atoms with Gasteiger partial charge in [-0.3, -0.25) is 9.89 Å². The van der Waals surface area contributed by atoms with Crippen molar-refractivity contribution in [3.05, 3.63) is 53.6 Å². The van der Waals surface area contributed by atoms with Gasteiger partial charge in [-0.25, -0.2) is 14.4 Å². The molecule has 29 heavy (non-hydrogen) atoms. The van der Waals surface area contributed by atoms with Crippen LogP contribution in [0.15, 0.2) is 41.7 Å². The van der Waals surface area contributed by atoms with Crippen molar-refractivity contribution in [1.82, 2.24) is 25.5 Å². The number of anilines is 1. The summed E-state index contributed by atoms with van der Waals surface area (Å²) >= 11 is 0. The number of hydrogen-bond acceptors (Lipinski definition) is 5. The quantitative estimate of drug-likeness (QED) is 0.350. The minimum absolute atomic E-state index is 0. The SMILES string of the molecule is CN=C(NCCN1CCN(c2ncccn2)CC1)NCc1ccc(C)c(F)c1.I. The molecule has 1 saturated heterocycles. The van der Waals surface area contributed by atoms with Gasteiger partial charge in [0.1, 0.15) is 5.82 Å². The fourth-order valence-electron chi connectivity index (χ4n) is 3.11. The molecule has 0 saturated carbocycles. The Hall–Kier alpha value is -2.01. The van der Waals surface area contributed by atoms with Crippen molar-refractivity contribution in [2.45, 2.75) is 13.5 Å². The fourth-order valence-corrected chi connectivity index (χ4v) is 3.11. The Morgan fingerprint density at radius 2 is 1.86 bits per heavy atom. The van der Waals surface area contributed by atoms with E-state index in [1.54, 1.807) is 38.5 Å². The van der Waals surface area contributed by atoms with Gasteiger partial charge in [-0.15, -0.1) is 24.0 Å². The molecule has 3 rings (SSSR count). The smallest absolute Gasteiger partial charge is 0.225 e. The highest BCUT2D eigenvalue weighted by Gasteiger charge is 2.18. The monoisotopic (exact) mass is 513 g/mol. The number of halogens is 2. The molecule has 1 fully saturated rings. The number of nitrogens with one attached hydrogen (secondary N) is 2. The maximum atomic E-state index is 13.6. The lowest BCUT2D eigenvalue weighted by Gasteiger charge is -2.34. The van der Waals surface area contributed by atoms with E-state index in [9.17, 15) is 4.39 Å². The zero-order valence-corrected chi connectivity index (χ0v) is 19.3. The molecule has 1 aliphatic rings. The Labute approximate surface area is 188 Å². The second-order valence-corrected chi connectivity index (χ2v) is 6.81. The van der Waals surface area contributed by atoms with Gasteiger partial charge in [0.05, 0.1) is 0 Å². The van der Waals surface area contributed by atoms with Crippen LogP contribution in [0.3, 0.4) is 0 Å². The summed E-state index contributed by atoms with van der Waals surface area (Å²) in [5.74, 6) is 1.34. The first kappa shape index (κ1) is 23.3. The van der Waals surface area contributed by atoms with Crippen molar-refractivity contribution in [1.29, 1.82) is 0 Å². The maximum Gasteiger partial charge on any atom is 0.225 e. The Morgan fingerprint density at radius 3 is 2.52 bits per heavy atom. The first-order chi connectivity index (χ1) is 13.7. The zero-order chi connectivity index (χ0) is 19.8. The van der Waals surface area contributed by atoms with Gasteiger partial charge in [-0.05, 0) is 30.2 Å². The Kier molecular flexibility index (Phi) is 9.52. The largest absolute Gasteiger partial charge is 0.355 e. The van der Waals surface area contributed by atoms with Crippen LogP contribution >= 0.6 is 24.0 Å². The molecule has 9 heteroatoms. The van der Waals surface area contributed by atoms with E-state index in [4.69, 9.17) is 0 Å². The van der Waals surface area contributed by atoms with Crippen molar-refractivity contribution in [3.63, 3.8) is 0 Å². The summed E-state index contributed by atoms with van der Waals surface area (Å²) in [6.07, 6.45) is 3.56. The van der Waals surface area contributed by atoms with Crippen LogP contribution < -0.4 is 15.5 Å². The fraction of sp³-hybridized carbons (Fsp3) is 0.450. The highest BCUT2D eigenvalue weighted by Crippen LogP contribution is 2.10. The van der Waals surface area contributed by atoms with Crippen molar-refractivity contribution in [2.75, 3.05) is 51.2 Å². The van der Waals surface area contributed by atoms with Crippen LogP contribution in [0.5, 0.6) is 0 Å². The molecular weight excluding hydrogens is 484 g/mol. The number of rotatable bonds is 6. The van der Waals surface area contributed by atoms with Gasteiger partial charge in [0, 0.05) is 65.3 Å². The van der Waals surface area contributed by atoms with Gasteiger partial charge in [0.15, 0.2) is 5.96 Å². The molecule has 0 atom stereocenters. The van der Waals surface area contributed by atoms with Crippen molar-refractivity contribution < 1.29 is 4.39 Å². The molecule has 1 aromatic heterocycles. The molecule has 0 radical (unpaired) electrons. The van der Waals surface area contributed by atoms with Gasteiger partial charge in [-0.1, -0.05) is 12.1 Å². The molecule has 2 aromatic rings. The van der Waals surface area contributed by atoms with Crippen LogP contribution in [0.2, 0.25) is 0 Å². The molecule has 0 aliphatic carbocycles. The number of aryl methyl sites for hydroxylation is 1. The average molecular weight is 513 g/mol. The van der Waals surface area contributed by atoms with E-state index in [1.807, 2.05) is 12.1 Å². The minimum Gasteiger partial charge on any atom is -0.355 e. The summed E-state index contributed by atoms with van der Waals surface area (Å²) in [5, 5.41) is 6.55. The highest BCUT2D eigenvalue weighted by molar-refractivity contribution is 14.0. The van der Waals surface area contributed by atoms with Crippen LogP contribution in [0.25, 0.3) is 0 Å². The van der Waals surface area contributed by atoms with E-state index < -0.39 is 0 Å². The predicted molar refractivity (Wildman–Crippen MR) is 125 cm³/mol. The Balaban J connectivity index is 0.00000300. The van der Waals surface area contributed by atoms with E-state index in [1.165, 1.54) is 0 Å². The first-order valence-corrected chi connectivity index (χ1v) is 9.59. The molecule has 0 bridgehead atoms. The van der Waals surface area contributed by atoms with Gasteiger partial charge >= 0.3 is 0 Å². The molecule has 1 aromatic carbocycles. The third-order valence-electron chi connectivity index (χ3n) is 4.85. The summed E-state index contributed by atoms with van der Waals surface area (Å²) in [6.45, 7) is 7.84. The number of nitrogens with zero attached hydrogens (tertiary/aromatic N) is 5. The van der Waals surface area contributed by atoms with Crippen molar-refractivity contribution >= 4 is 35.9 Å². The molecule has 0 amide bonds. The number of guanidine groups is 1. The minimum atomic E-state index is -0.178. The normalized spacial score (nSPS) is 15.0. The Bertz CT molecular complexity index is 780. The van der Waals surface area contributed by atoms with Gasteiger partial charge < -0.3 is 15.5 Å². The number of aromatic nitrogens is 2. The molecule has 0 spiro atoms. The summed E-state index contributed by atoms with van der Waals surface area (Å²) < 4.78 is 13.6. The zero-order valence-electron chi connectivity index (χ0n) is 16.9. The van der Waals surface area contributed by atoms with Crippen LogP contribution in [0, 0.1) is 12.7 Å². The van der Waals surface area contributed by atoms with E-state index in [2.05, 4.69) is 35.4 Å². The molecule has 1 aliphatic heterocycles. The van der Waals surface area contributed by atoms with Crippen LogP contribution in [0.1, 0.15) is 11.1 Å². The highest BCUT2D eigenvalue weighted by atomic mass is 127. The van der Waals surface area contributed by atoms with Gasteiger partial charge in [0.2, 0.25) is 5.95 Å². The summed E-state index contributed by atoms with van der Waals surface area (Å²) in [5.41, 5.74) is 1.55. The third-order valence-corrected chi connectivity index (χ3v) is 4.85. The maximum absolute atomic E-state index is 13.6. The number of benzene rings is 1. The Morgan fingerprint density at radius 1 is 1.14 bits per heavy atom. The summed E-state index contributed by atoms with van der Waals surface area (Å²) in [4.78, 5) is 17.5. The molecule has 7 nitrogen and oxygen atoms in total. The van der Waals surface area contributed by atoms with Crippen molar-refractivity contribution in [3.8, 4) is 0 Å². The average Bonchev–Trinajstić information content (AvgIpc) is 2.74. The first-order valence-electron chi connectivity index (χ1n) is 9.59. The van der Waals surface area contributed by atoms with Gasteiger partial charge in [-0.2, -0.15) is 0 Å². The van der Waals surface area contributed by atoms with E-state index in [0.717, 1.165) is 56.7 Å². The lowest BCUT2D eigenvalue weighted by Crippen LogP contribution is -2.49. The standard InChI is InChI=1S/C20H28FN7.HI/c1-16-4-5-17(14-18(16)21)15-26-19(22-2)23-8-9-27-10-12-28(13-11-27)20-24-6-3-7-25-20;/h3-7,14H,8-13,15H2,1-2H3,(H2,22,23,26);1H. The number of aliphatic imine (C=N–C) groups is 1. The number of hydrogen-bond donors (Lipinski definition) is 2. The topological polar surface area (TPSA) is 68.7 Å². The molecule has 2 heterocycles. The summed E-state index contributed by atoms with van der Waals surface area (Å²) in [7, 11) is 1.74. The van der Waals surface area contributed by atoms with Crippen LogP contribution in [-0.4, -0.2) is 67.1 Å². The van der Waals surface area contributed by atoms with Crippen LogP contribution in [0.4, 0.5) is 10.3 Å². The van der Waals surface area contributed by atoms with Crippen LogP contribution in [-0.2, 0) is 6.54 Å². The molecule has 2 N–H and O–H groups in total. The van der Waals surface area contributed by atoms with Gasteiger partial charge in [0.25, 0.3) is 0 Å². The van der Waals surface area contributed by atoms with Crippen molar-refractivity contribution in [2.24, 2.45) is 4.99 Å². The van der Waals surface area contributed by atoms with E-state index in [-0.39, 0.29) is 29.8 Å². The molecule has 158 valence electrons. The third kappa shape index (κ3) is 7.07. The van der Waals surface area contributed by atoms with E-state index >= 15 is 0 Å². The number of piperazine rings is 1. The molecular formula is C20H29FIN7. The summed E-state index contributed by atoms with van der Waals surface area (Å²) in [6, 6.07) is 7.12. The second-order valence-electron chi connectivity index (χ2n) is 6.81. The lowest BCUT2D eigenvalue weighted by molar-refractivity contribution is 0.260. The lowest BCUT2D eigenvalue weighted by atomic mass is 10.1. The predicted octanol–water partition coefficient (Wildman–Crippen LogP) is 2.03.